The van der Waals surface area contributed by atoms with Gasteiger partial charge in [-0.15, -0.1) is 0 Å². The minimum Gasteiger partial charge on any atom is -0.352 e. The van der Waals surface area contributed by atoms with E-state index in [0.29, 0.717) is 31.6 Å². The Morgan fingerprint density at radius 3 is 2.72 bits per heavy atom. The van der Waals surface area contributed by atoms with E-state index >= 15 is 0 Å². The first-order valence-corrected chi connectivity index (χ1v) is 10.1. The molecule has 2 N–H and O–H groups in total. The van der Waals surface area contributed by atoms with Crippen molar-refractivity contribution in [3.05, 3.63) is 65.5 Å². The van der Waals surface area contributed by atoms with Gasteiger partial charge in [0.1, 0.15) is 0 Å². The number of carbonyl (C=O) groups is 2. The molecule has 1 aromatic carbocycles. The van der Waals surface area contributed by atoms with E-state index in [0.717, 1.165) is 22.3 Å². The third-order valence-electron chi connectivity index (χ3n) is 5.23. The van der Waals surface area contributed by atoms with Gasteiger partial charge in [0.2, 0.25) is 5.91 Å². The fraction of sp³-hybridized carbons (Fsp3) is 0.333. The van der Waals surface area contributed by atoms with Crippen LogP contribution in [0.5, 0.6) is 0 Å². The van der Waals surface area contributed by atoms with Crippen molar-refractivity contribution in [2.24, 2.45) is 0 Å². The molecule has 4 rings (SSSR count). The van der Waals surface area contributed by atoms with Gasteiger partial charge in [0.15, 0.2) is 5.69 Å². The Kier molecular flexibility index (Phi) is 5.97. The van der Waals surface area contributed by atoms with Crippen molar-refractivity contribution < 1.29 is 22.8 Å². The Bertz CT molecular complexity index is 1110. The molecule has 0 fully saturated rings. The molecule has 2 aromatic heterocycles. The lowest BCUT2D eigenvalue weighted by molar-refractivity contribution is -0.141. The van der Waals surface area contributed by atoms with Gasteiger partial charge in [-0.25, -0.2) is 9.67 Å². The van der Waals surface area contributed by atoms with E-state index in [1.54, 1.807) is 41.6 Å². The fourth-order valence-electron chi connectivity index (χ4n) is 3.58. The van der Waals surface area contributed by atoms with Gasteiger partial charge in [-0.1, -0.05) is 18.2 Å². The van der Waals surface area contributed by atoms with Crippen LogP contribution in [0, 0.1) is 0 Å². The number of hydrogen-bond donors (Lipinski definition) is 2. The smallest absolute Gasteiger partial charge is 0.352 e. The molecule has 0 atom stereocenters. The van der Waals surface area contributed by atoms with Crippen LogP contribution in [0.3, 0.4) is 0 Å². The number of imidazole rings is 1. The molecule has 32 heavy (non-hydrogen) atoms. The van der Waals surface area contributed by atoms with E-state index in [1.165, 1.54) is 0 Å². The Morgan fingerprint density at radius 2 is 1.97 bits per heavy atom. The van der Waals surface area contributed by atoms with Crippen molar-refractivity contribution in [1.82, 2.24) is 30.0 Å². The fourth-order valence-corrected chi connectivity index (χ4v) is 3.58. The molecule has 0 unspecified atom stereocenters. The number of aromatic amines is 1. The highest BCUT2D eigenvalue weighted by molar-refractivity contribution is 5.95. The number of carbonyl (C=O) groups excluding carboxylic acids is 2. The minimum atomic E-state index is -4.78. The van der Waals surface area contributed by atoms with Crippen LogP contribution in [-0.4, -0.2) is 49.6 Å². The van der Waals surface area contributed by atoms with Gasteiger partial charge in [-0.2, -0.15) is 18.3 Å². The Morgan fingerprint density at radius 1 is 1.19 bits per heavy atom. The van der Waals surface area contributed by atoms with Crippen LogP contribution < -0.4 is 5.32 Å². The van der Waals surface area contributed by atoms with Crippen LogP contribution in [0.25, 0.3) is 5.69 Å². The van der Waals surface area contributed by atoms with E-state index in [-0.39, 0.29) is 18.9 Å². The molecule has 3 aromatic rings. The predicted octanol–water partition coefficient (Wildman–Crippen LogP) is 2.71. The van der Waals surface area contributed by atoms with Gasteiger partial charge < -0.3 is 15.2 Å². The summed E-state index contributed by atoms with van der Waals surface area (Å²) in [6, 6.07) is 8.23. The van der Waals surface area contributed by atoms with Gasteiger partial charge in [-0.3, -0.25) is 9.59 Å². The average molecular weight is 446 g/mol. The first kappa shape index (κ1) is 21.6. The van der Waals surface area contributed by atoms with Crippen molar-refractivity contribution in [2.45, 2.75) is 32.0 Å². The summed E-state index contributed by atoms with van der Waals surface area (Å²) < 4.78 is 41.2. The summed E-state index contributed by atoms with van der Waals surface area (Å²) in [6.45, 7) is 1.09. The maximum Gasteiger partial charge on any atom is 0.435 e. The number of aromatic nitrogens is 4. The largest absolute Gasteiger partial charge is 0.435 e. The topological polar surface area (TPSA) is 95.9 Å². The highest BCUT2D eigenvalue weighted by Crippen LogP contribution is 2.31. The number of H-pyrrole nitrogens is 1. The van der Waals surface area contributed by atoms with Crippen molar-refractivity contribution >= 4 is 11.8 Å². The van der Waals surface area contributed by atoms with E-state index in [2.05, 4.69) is 20.4 Å². The lowest BCUT2D eigenvalue weighted by Crippen LogP contribution is -2.36. The molecule has 0 saturated heterocycles. The van der Waals surface area contributed by atoms with Crippen LogP contribution in [0.1, 0.15) is 40.3 Å². The third-order valence-corrected chi connectivity index (χ3v) is 5.23. The van der Waals surface area contributed by atoms with Gasteiger partial charge >= 0.3 is 6.18 Å². The standard InChI is InChI=1S/C21H21F3N6O2/c22-21(23,24)19-15(11-30(28-19)14-5-2-1-3-6-14)20(32)25-9-4-7-18(31)29-10-8-16-17(12-29)27-13-26-16/h1-3,5-6,11,13H,4,7-10,12H2,(H,25,32)(H,26,27). The molecule has 8 nitrogen and oxygen atoms in total. The second-order valence-corrected chi connectivity index (χ2v) is 7.42. The number of amides is 2. The van der Waals surface area contributed by atoms with Gasteiger partial charge in [0, 0.05) is 32.1 Å². The summed E-state index contributed by atoms with van der Waals surface area (Å²) in [5, 5.41) is 6.03. The summed E-state index contributed by atoms with van der Waals surface area (Å²) in [7, 11) is 0. The predicted molar refractivity (Wildman–Crippen MR) is 108 cm³/mol. The number of nitrogens with zero attached hydrogens (tertiary/aromatic N) is 4. The number of benzene rings is 1. The average Bonchev–Trinajstić information content (AvgIpc) is 3.43. The number of rotatable bonds is 6. The van der Waals surface area contributed by atoms with Crippen LogP contribution in [0.2, 0.25) is 0 Å². The van der Waals surface area contributed by atoms with Gasteiger partial charge in [0.05, 0.1) is 35.5 Å². The number of nitrogens with one attached hydrogen (secondary N) is 2. The quantitative estimate of drug-likeness (QED) is 0.569. The first-order valence-electron chi connectivity index (χ1n) is 10.1. The Hall–Kier alpha value is -3.63. The van der Waals surface area contributed by atoms with Crippen molar-refractivity contribution in [1.29, 1.82) is 0 Å². The molecule has 0 bridgehead atoms. The molecule has 11 heteroatoms. The lowest BCUT2D eigenvalue weighted by Gasteiger charge is -2.26. The molecule has 1 aliphatic rings. The van der Waals surface area contributed by atoms with E-state index in [4.69, 9.17) is 0 Å². The molecule has 3 heterocycles. The summed E-state index contributed by atoms with van der Waals surface area (Å²) in [4.78, 5) is 33.8. The first-order chi connectivity index (χ1) is 15.3. The third kappa shape index (κ3) is 4.66. The molecular formula is C21H21F3N6O2. The number of alkyl halides is 3. The highest BCUT2D eigenvalue weighted by Gasteiger charge is 2.39. The zero-order valence-electron chi connectivity index (χ0n) is 17.0. The van der Waals surface area contributed by atoms with Crippen molar-refractivity contribution in [3.8, 4) is 5.69 Å². The van der Waals surface area contributed by atoms with E-state index in [1.807, 2.05) is 0 Å². The second kappa shape index (κ2) is 8.85. The maximum atomic E-state index is 13.4. The Labute approximate surface area is 181 Å². The molecule has 1 aliphatic heterocycles. The van der Waals surface area contributed by atoms with Crippen LogP contribution in [0.4, 0.5) is 13.2 Å². The molecule has 0 saturated carbocycles. The number of para-hydroxylation sites is 1. The molecular weight excluding hydrogens is 425 g/mol. The molecule has 0 radical (unpaired) electrons. The van der Waals surface area contributed by atoms with Crippen LogP contribution >= 0.6 is 0 Å². The minimum absolute atomic E-state index is 0.0710. The summed E-state index contributed by atoms with van der Waals surface area (Å²) in [5.74, 6) is -0.959. The van der Waals surface area contributed by atoms with Gasteiger partial charge in [0.25, 0.3) is 5.91 Å². The van der Waals surface area contributed by atoms with E-state index < -0.39 is 23.3 Å². The molecule has 168 valence electrons. The summed E-state index contributed by atoms with van der Waals surface area (Å²) >= 11 is 0. The van der Waals surface area contributed by atoms with Crippen molar-refractivity contribution in [3.63, 3.8) is 0 Å². The maximum absolute atomic E-state index is 13.4. The number of halogens is 3. The number of fused-ring (bicyclic) bond motifs is 1. The number of hydrogen-bond acceptors (Lipinski definition) is 4. The SMILES string of the molecule is O=C(NCCCC(=O)N1CCc2nc[nH]c2C1)c1cn(-c2ccccc2)nc1C(F)(F)F. The van der Waals surface area contributed by atoms with Crippen molar-refractivity contribution in [2.75, 3.05) is 13.1 Å². The van der Waals surface area contributed by atoms with E-state index in [9.17, 15) is 22.8 Å². The molecule has 0 aliphatic carbocycles. The van der Waals surface area contributed by atoms with Crippen LogP contribution in [-0.2, 0) is 23.9 Å². The lowest BCUT2D eigenvalue weighted by atomic mass is 10.1. The summed E-state index contributed by atoms with van der Waals surface area (Å²) in [6.07, 6.45) is -0.947. The molecule has 2 amide bonds. The second-order valence-electron chi connectivity index (χ2n) is 7.42. The zero-order chi connectivity index (χ0) is 22.7. The zero-order valence-corrected chi connectivity index (χ0v) is 17.0. The normalized spacial score (nSPS) is 13.7. The van der Waals surface area contributed by atoms with Crippen LogP contribution in [0.15, 0.2) is 42.9 Å². The monoisotopic (exact) mass is 446 g/mol. The summed E-state index contributed by atoms with van der Waals surface area (Å²) in [5.41, 5.74) is 0.463. The Balaban J connectivity index is 1.34. The van der Waals surface area contributed by atoms with Gasteiger partial charge in [-0.05, 0) is 18.6 Å². The molecule has 0 spiro atoms. The highest BCUT2D eigenvalue weighted by atomic mass is 19.4.